The van der Waals surface area contributed by atoms with Gasteiger partial charge in [0.25, 0.3) is 0 Å². The second kappa shape index (κ2) is 11.9. The first-order chi connectivity index (χ1) is 23.5. The number of terminal acetylenes is 1. The molecule has 0 N–H and O–H groups in total. The lowest BCUT2D eigenvalue weighted by Gasteiger charge is -2.32. The highest BCUT2D eigenvalue weighted by Gasteiger charge is 2.44. The van der Waals surface area contributed by atoms with Crippen molar-refractivity contribution in [2.75, 3.05) is 0 Å². The highest BCUT2D eigenvalue weighted by atomic mass is 16.3. The van der Waals surface area contributed by atoms with Crippen molar-refractivity contribution in [3.05, 3.63) is 184 Å². The Morgan fingerprint density at radius 3 is 1.90 bits per heavy atom. The Kier molecular flexibility index (Phi) is 7.35. The molecule has 48 heavy (non-hydrogen) atoms. The van der Waals surface area contributed by atoms with Gasteiger partial charge >= 0.3 is 0 Å². The molecule has 1 aliphatic rings. The van der Waals surface area contributed by atoms with Crippen LogP contribution in [0.4, 0.5) is 0 Å². The summed E-state index contributed by atoms with van der Waals surface area (Å²) in [4.78, 5) is 0. The summed E-state index contributed by atoms with van der Waals surface area (Å²) in [6, 6.07) is 52.6. The summed E-state index contributed by atoms with van der Waals surface area (Å²) < 4.78 is 6.42. The molecule has 0 saturated heterocycles. The van der Waals surface area contributed by atoms with Crippen LogP contribution in [0.15, 0.2) is 166 Å². The molecule has 6 aromatic carbocycles. The van der Waals surface area contributed by atoms with Crippen molar-refractivity contribution in [1.82, 2.24) is 0 Å². The fourth-order valence-corrected chi connectivity index (χ4v) is 7.69. The molecule has 1 heterocycles. The third-order valence-electron chi connectivity index (χ3n) is 10.5. The van der Waals surface area contributed by atoms with E-state index in [-0.39, 0.29) is 5.41 Å². The SMILES string of the molecule is B/C(C#C)=C(B)/C(B)=C1\CC(c2ccc(-c3ccccc3)cc2)(c2ccc(-c3cccc4c3oc3ccccc34)cc2)c2ccccc21. The summed E-state index contributed by atoms with van der Waals surface area (Å²) in [6.07, 6.45) is 6.73. The molecule has 8 rings (SSSR count). The number of rotatable bonds is 5. The number of fused-ring (bicyclic) bond motifs is 4. The molecule has 1 atom stereocenters. The second-order valence-corrected chi connectivity index (χ2v) is 12.9. The molecule has 0 saturated carbocycles. The normalized spacial score (nSPS) is 17.1. The first kappa shape index (κ1) is 29.7. The van der Waals surface area contributed by atoms with Crippen LogP contribution in [0.1, 0.15) is 28.7 Å². The molecule has 1 aliphatic carbocycles. The maximum Gasteiger partial charge on any atom is 0.149 e. The molecule has 1 aromatic heterocycles. The lowest BCUT2D eigenvalue weighted by molar-refractivity contribution is 0.661. The van der Waals surface area contributed by atoms with E-state index in [2.05, 4.69) is 155 Å². The zero-order valence-electron chi connectivity index (χ0n) is 27.5. The Labute approximate surface area is 285 Å². The van der Waals surface area contributed by atoms with Crippen LogP contribution in [0, 0.1) is 12.3 Å². The van der Waals surface area contributed by atoms with Crippen molar-refractivity contribution < 1.29 is 4.42 Å². The minimum absolute atomic E-state index is 0.378. The van der Waals surface area contributed by atoms with E-state index in [9.17, 15) is 0 Å². The summed E-state index contributed by atoms with van der Waals surface area (Å²) in [5.41, 5.74) is 16.1. The van der Waals surface area contributed by atoms with E-state index in [4.69, 9.17) is 10.8 Å². The maximum atomic E-state index is 6.42. The second-order valence-electron chi connectivity index (χ2n) is 12.9. The molecular formula is C44H33B3O. The van der Waals surface area contributed by atoms with Gasteiger partial charge in [0, 0.05) is 21.8 Å². The lowest BCUT2D eigenvalue weighted by Crippen LogP contribution is -2.26. The summed E-state index contributed by atoms with van der Waals surface area (Å²) in [6.45, 7) is 0. The van der Waals surface area contributed by atoms with Gasteiger partial charge in [0.2, 0.25) is 0 Å². The van der Waals surface area contributed by atoms with Gasteiger partial charge in [0.15, 0.2) is 0 Å². The quantitative estimate of drug-likeness (QED) is 0.142. The Morgan fingerprint density at radius 2 is 1.17 bits per heavy atom. The molecule has 0 bridgehead atoms. The average molecular weight is 610 g/mol. The standard InChI is InChI=1S/C44H33B3O/c1-2-39(45)42(47)41(46)37-27-44(38-17-8-6-13-34(37)38,31-23-19-29(20-24-31)28-11-4-3-5-12-28)32-25-21-30(22-26-32)33-15-10-16-36-35-14-7-9-18-40(35)48-43(33)36/h1,3-26H,27,45-47H2/b41-37-,42-39-. The van der Waals surface area contributed by atoms with E-state index in [1.54, 1.807) is 0 Å². The van der Waals surface area contributed by atoms with Gasteiger partial charge in [-0.25, -0.2) is 0 Å². The van der Waals surface area contributed by atoms with Crippen LogP contribution in [0.5, 0.6) is 0 Å². The highest BCUT2D eigenvalue weighted by Crippen LogP contribution is 2.55. The molecule has 224 valence electrons. The topological polar surface area (TPSA) is 13.1 Å². The van der Waals surface area contributed by atoms with Gasteiger partial charge in [-0.2, -0.15) is 0 Å². The van der Waals surface area contributed by atoms with Crippen molar-refractivity contribution >= 4 is 51.1 Å². The van der Waals surface area contributed by atoms with Gasteiger partial charge < -0.3 is 4.42 Å². The van der Waals surface area contributed by atoms with Crippen LogP contribution >= 0.6 is 0 Å². The molecule has 1 nitrogen and oxygen atoms in total. The molecule has 0 fully saturated rings. The van der Waals surface area contributed by atoms with Gasteiger partial charge in [0.05, 0.1) is 0 Å². The third-order valence-corrected chi connectivity index (χ3v) is 10.5. The Hall–Kier alpha value is -5.65. The van der Waals surface area contributed by atoms with Crippen LogP contribution in [0.25, 0.3) is 49.8 Å². The van der Waals surface area contributed by atoms with Crippen LogP contribution in [-0.4, -0.2) is 23.5 Å². The fraction of sp³-hybridized carbons (Fsp3) is 0.0455. The van der Waals surface area contributed by atoms with Gasteiger partial charge in [-0.3, -0.25) is 0 Å². The number of benzene rings is 6. The Morgan fingerprint density at radius 1 is 0.583 bits per heavy atom. The summed E-state index contributed by atoms with van der Waals surface area (Å²) >= 11 is 0. The van der Waals surface area contributed by atoms with Crippen LogP contribution in [0.3, 0.4) is 0 Å². The third kappa shape index (κ3) is 4.70. The zero-order chi connectivity index (χ0) is 32.8. The lowest BCUT2D eigenvalue weighted by atomic mass is 9.66. The van der Waals surface area contributed by atoms with Crippen molar-refractivity contribution in [3.63, 3.8) is 0 Å². The number of para-hydroxylation sites is 2. The minimum atomic E-state index is -0.378. The first-order valence-corrected chi connectivity index (χ1v) is 16.6. The van der Waals surface area contributed by atoms with E-state index in [0.29, 0.717) is 0 Å². The molecule has 0 radical (unpaired) electrons. The van der Waals surface area contributed by atoms with E-state index < -0.39 is 0 Å². The number of hydrogen-bond donors (Lipinski definition) is 0. The summed E-state index contributed by atoms with van der Waals surface area (Å²) in [5.74, 6) is 2.88. The highest BCUT2D eigenvalue weighted by molar-refractivity contribution is 6.43. The van der Waals surface area contributed by atoms with Crippen molar-refractivity contribution in [3.8, 4) is 34.6 Å². The summed E-state index contributed by atoms with van der Waals surface area (Å²) in [7, 11) is 6.42. The average Bonchev–Trinajstić information content (AvgIpc) is 3.72. The van der Waals surface area contributed by atoms with Gasteiger partial charge in [-0.15, -0.1) is 6.42 Å². The molecule has 7 aromatic rings. The van der Waals surface area contributed by atoms with E-state index in [0.717, 1.165) is 45.0 Å². The van der Waals surface area contributed by atoms with E-state index >= 15 is 0 Å². The van der Waals surface area contributed by atoms with Gasteiger partial charge in [-0.1, -0.05) is 156 Å². The smallest absolute Gasteiger partial charge is 0.149 e. The predicted octanol–water partition coefficient (Wildman–Crippen LogP) is 8.11. The maximum absolute atomic E-state index is 6.42. The van der Waals surface area contributed by atoms with E-state index in [1.165, 1.54) is 49.9 Å². The van der Waals surface area contributed by atoms with Crippen LogP contribution < -0.4 is 0 Å². The number of furan rings is 1. The Bertz CT molecular complexity index is 2440. The monoisotopic (exact) mass is 610 g/mol. The molecule has 1 unspecified atom stereocenters. The largest absolute Gasteiger partial charge is 0.455 e. The fourth-order valence-electron chi connectivity index (χ4n) is 7.69. The van der Waals surface area contributed by atoms with Gasteiger partial charge in [0.1, 0.15) is 34.7 Å². The molecule has 0 aliphatic heterocycles. The molecule has 0 amide bonds. The van der Waals surface area contributed by atoms with Gasteiger partial charge in [-0.05, 0) is 62.5 Å². The summed E-state index contributed by atoms with van der Waals surface area (Å²) in [5, 5.41) is 2.29. The Balaban J connectivity index is 1.32. The zero-order valence-corrected chi connectivity index (χ0v) is 27.5. The predicted molar refractivity (Wildman–Crippen MR) is 210 cm³/mol. The van der Waals surface area contributed by atoms with Crippen molar-refractivity contribution in [1.29, 1.82) is 0 Å². The minimum Gasteiger partial charge on any atom is -0.455 e. The number of allylic oxidation sites excluding steroid dienone is 4. The van der Waals surface area contributed by atoms with Crippen LogP contribution in [0.2, 0.25) is 0 Å². The van der Waals surface area contributed by atoms with Crippen molar-refractivity contribution in [2.45, 2.75) is 11.8 Å². The molecular weight excluding hydrogens is 577 g/mol. The molecule has 4 heteroatoms. The van der Waals surface area contributed by atoms with Crippen LogP contribution in [-0.2, 0) is 5.41 Å². The molecule has 0 spiro atoms. The number of hydrogen-bond acceptors (Lipinski definition) is 1. The van der Waals surface area contributed by atoms with E-state index in [1.807, 2.05) is 20.0 Å². The first-order valence-electron chi connectivity index (χ1n) is 16.6. The van der Waals surface area contributed by atoms with Crippen molar-refractivity contribution in [2.24, 2.45) is 0 Å².